The van der Waals surface area contributed by atoms with Gasteiger partial charge in [-0.3, -0.25) is 9.89 Å². The molecule has 0 spiro atoms. The van der Waals surface area contributed by atoms with Gasteiger partial charge < -0.3 is 20.3 Å². The Balaban J connectivity index is 0.00000423. The van der Waals surface area contributed by atoms with E-state index < -0.39 is 23.9 Å². The molecule has 0 saturated carbocycles. The van der Waals surface area contributed by atoms with Gasteiger partial charge in [0.25, 0.3) is 0 Å². The number of hydrogen-bond acceptors (Lipinski definition) is 5. The van der Waals surface area contributed by atoms with Gasteiger partial charge in [0.05, 0.1) is 17.7 Å². The summed E-state index contributed by atoms with van der Waals surface area (Å²) in [4.78, 5) is 32.6. The number of likely N-dealkylation sites (tertiary alicyclic amines) is 1. The van der Waals surface area contributed by atoms with Crippen molar-refractivity contribution in [2.75, 3.05) is 6.54 Å². The van der Waals surface area contributed by atoms with Gasteiger partial charge in [0, 0.05) is 28.6 Å². The van der Waals surface area contributed by atoms with Crippen molar-refractivity contribution in [3.63, 3.8) is 0 Å². The maximum atomic E-state index is 13.6. The first-order valence-corrected chi connectivity index (χ1v) is 13.8. The third-order valence-electron chi connectivity index (χ3n) is 7.35. The van der Waals surface area contributed by atoms with Gasteiger partial charge in [-0.15, -0.1) is 5.69 Å². The first kappa shape index (κ1) is 31.8. The van der Waals surface area contributed by atoms with Crippen molar-refractivity contribution in [1.82, 2.24) is 4.90 Å². The topological polar surface area (TPSA) is 104 Å². The number of aliphatic hydroxyl groups excluding tert-OH is 1. The van der Waals surface area contributed by atoms with Crippen LogP contribution in [0.4, 0.5) is 10.1 Å². The monoisotopic (exact) mass is 622 g/mol. The van der Waals surface area contributed by atoms with E-state index >= 15 is 0 Å². The first-order chi connectivity index (χ1) is 20.4. The molecule has 0 aromatic heterocycles. The summed E-state index contributed by atoms with van der Waals surface area (Å²) in [6, 6.07) is 28.9. The fourth-order valence-electron chi connectivity index (χ4n) is 5.22. The molecule has 1 heterocycles. The predicted molar refractivity (Wildman–Crippen MR) is 159 cm³/mol. The van der Waals surface area contributed by atoms with Crippen LogP contribution < -0.4 is 0 Å². The summed E-state index contributed by atoms with van der Waals surface area (Å²) in [6.45, 7) is 1.44. The average molecular weight is 623 g/mol. The van der Waals surface area contributed by atoms with Crippen LogP contribution in [0.25, 0.3) is 5.32 Å². The molecule has 3 atom stereocenters. The van der Waals surface area contributed by atoms with Crippen molar-refractivity contribution in [2.24, 2.45) is 4.99 Å². The summed E-state index contributed by atoms with van der Waals surface area (Å²) in [6.07, 6.45) is 0.0400. The Morgan fingerprint density at radius 1 is 0.907 bits per heavy atom. The second-order valence-electron chi connectivity index (χ2n) is 10.2. The van der Waals surface area contributed by atoms with Crippen molar-refractivity contribution in [3.05, 3.63) is 143 Å². The number of amides is 1. The molecule has 4 aromatic carbocycles. The second kappa shape index (κ2) is 14.8. The van der Waals surface area contributed by atoms with Crippen molar-refractivity contribution in [2.45, 2.75) is 37.6 Å². The number of carboxylic acids is 1. The Morgan fingerprint density at radius 3 is 2.21 bits per heavy atom. The summed E-state index contributed by atoms with van der Waals surface area (Å²) in [7, 11) is 0. The van der Waals surface area contributed by atoms with Gasteiger partial charge in [0.1, 0.15) is 11.9 Å². The van der Waals surface area contributed by atoms with E-state index in [0.717, 1.165) is 30.7 Å². The molecule has 4 aromatic rings. The van der Waals surface area contributed by atoms with Crippen molar-refractivity contribution in [3.8, 4) is 0 Å². The number of carbonyl (C=O) groups is 2. The minimum absolute atomic E-state index is 0. The zero-order valence-corrected chi connectivity index (χ0v) is 24.2. The van der Waals surface area contributed by atoms with Crippen LogP contribution in [0.3, 0.4) is 0 Å². The first-order valence-electron chi connectivity index (χ1n) is 13.8. The molecule has 0 aliphatic carbocycles. The molecule has 5 rings (SSSR count). The number of nitrogens with zero attached hydrogens (tertiary/aromatic N) is 3. The van der Waals surface area contributed by atoms with Crippen LogP contribution in [0.15, 0.2) is 114 Å². The summed E-state index contributed by atoms with van der Waals surface area (Å²) in [5.41, 5.74) is 3.02. The van der Waals surface area contributed by atoms with Crippen molar-refractivity contribution in [1.29, 1.82) is 0 Å². The summed E-state index contributed by atoms with van der Waals surface area (Å²) in [5, 5.41) is 25.6. The molecule has 0 unspecified atom stereocenters. The smallest absolute Gasteiger partial charge is 0.331 e. The quantitative estimate of drug-likeness (QED) is 0.166. The molecule has 1 aliphatic rings. The van der Waals surface area contributed by atoms with Crippen LogP contribution in [0.2, 0.25) is 0 Å². The number of hydrogen-bond donors (Lipinski definition) is 2. The standard InChI is InChI=1S/C34H32FN3O4.Ni/c35-26-19-17-25(18-20-26)32(39)31(34(41)42)37-30(24-12-5-2-6-13-24)27-14-7-8-15-28(27)36-33(40)29-16-9-21-38(29)22-23-10-3-1-4-11-23;/h1-8,10-15,17-20,29,31-32,39H,9,16,21-22H2,(H2,36,37,40,41,42);/p-1/t29-,31-,32-;/m0./s1. The SMILES string of the molecule is O=C(O)[C@@H](N=C(c1ccccc1)c1ccccc1[N-]C(=O)[C@@H]1CCCN1Cc1ccccc1)[C@@H](O)c1ccc(F)cc1.[Ni]. The van der Waals surface area contributed by atoms with E-state index in [-0.39, 0.29) is 39.7 Å². The molecule has 7 nitrogen and oxygen atoms in total. The molecule has 0 radical (unpaired) electrons. The number of aliphatic carboxylic acids is 1. The Labute approximate surface area is 260 Å². The van der Waals surface area contributed by atoms with Gasteiger partial charge in [0.15, 0.2) is 6.04 Å². The van der Waals surface area contributed by atoms with E-state index in [1.54, 1.807) is 48.5 Å². The third-order valence-corrected chi connectivity index (χ3v) is 7.35. The zero-order valence-electron chi connectivity index (χ0n) is 23.2. The summed E-state index contributed by atoms with van der Waals surface area (Å²) < 4.78 is 13.5. The second-order valence-corrected chi connectivity index (χ2v) is 10.2. The Hall–Kier alpha value is -4.17. The molecule has 1 fully saturated rings. The molecular formula is C34H31FN3NiO4-. The molecule has 1 aliphatic heterocycles. The number of carboxylic acid groups (broad SMARTS) is 1. The van der Waals surface area contributed by atoms with Gasteiger partial charge in [-0.25, -0.2) is 9.18 Å². The van der Waals surface area contributed by atoms with Crippen LogP contribution in [-0.4, -0.2) is 51.3 Å². The third kappa shape index (κ3) is 7.82. The Kier molecular flexibility index (Phi) is 11.0. The number of carbonyl (C=O) groups excluding carboxylic acids is 1. The number of benzene rings is 4. The van der Waals surface area contributed by atoms with E-state index in [9.17, 15) is 24.2 Å². The van der Waals surface area contributed by atoms with E-state index in [1.807, 2.05) is 36.4 Å². The molecule has 43 heavy (non-hydrogen) atoms. The Morgan fingerprint density at radius 2 is 1.53 bits per heavy atom. The maximum Gasteiger partial charge on any atom is 0.331 e. The van der Waals surface area contributed by atoms with E-state index in [0.29, 0.717) is 29.8 Å². The van der Waals surface area contributed by atoms with Crippen LogP contribution >= 0.6 is 0 Å². The molecule has 1 amide bonds. The van der Waals surface area contributed by atoms with Crippen LogP contribution in [0, 0.1) is 5.82 Å². The van der Waals surface area contributed by atoms with E-state index in [2.05, 4.69) is 15.2 Å². The average Bonchev–Trinajstić information content (AvgIpc) is 3.47. The fourth-order valence-corrected chi connectivity index (χ4v) is 5.22. The van der Waals surface area contributed by atoms with Crippen molar-refractivity contribution >= 4 is 23.3 Å². The molecule has 1 saturated heterocycles. The number of aliphatic hydroxyl groups is 1. The van der Waals surface area contributed by atoms with E-state index in [4.69, 9.17) is 0 Å². The van der Waals surface area contributed by atoms with Gasteiger partial charge in [-0.1, -0.05) is 97.1 Å². The number of rotatable bonds is 10. The molecule has 9 heteroatoms. The summed E-state index contributed by atoms with van der Waals surface area (Å²) >= 11 is 0. The summed E-state index contributed by atoms with van der Waals surface area (Å²) in [5.74, 6) is -2.13. The number of aliphatic imine (C=N–C) groups is 1. The molecule has 0 bridgehead atoms. The van der Waals surface area contributed by atoms with Crippen LogP contribution in [-0.2, 0) is 32.6 Å². The van der Waals surface area contributed by atoms with Crippen molar-refractivity contribution < 1.29 is 40.7 Å². The normalized spacial score (nSPS) is 16.6. The molecular weight excluding hydrogens is 592 g/mol. The molecule has 224 valence electrons. The van der Waals surface area contributed by atoms with Gasteiger partial charge in [-0.05, 0) is 48.2 Å². The largest absolute Gasteiger partial charge is 0.625 e. The number of para-hydroxylation sites is 1. The number of halogens is 1. The van der Waals surface area contributed by atoms with Crippen LogP contribution in [0.1, 0.15) is 41.2 Å². The maximum absolute atomic E-state index is 13.6. The predicted octanol–water partition coefficient (Wildman–Crippen LogP) is 6.04. The van der Waals surface area contributed by atoms with Gasteiger partial charge in [0.2, 0.25) is 0 Å². The van der Waals surface area contributed by atoms with E-state index in [1.165, 1.54) is 12.1 Å². The zero-order chi connectivity index (χ0) is 29.5. The minimum Gasteiger partial charge on any atom is -0.625 e. The van der Waals surface area contributed by atoms with Gasteiger partial charge >= 0.3 is 5.97 Å². The minimum atomic E-state index is -1.61. The van der Waals surface area contributed by atoms with Crippen LogP contribution in [0.5, 0.6) is 0 Å². The Bertz CT molecular complexity index is 1550. The fraction of sp³-hybridized carbons (Fsp3) is 0.206. The van der Waals surface area contributed by atoms with Gasteiger partial charge in [-0.2, -0.15) is 0 Å². The molecule has 2 N–H and O–H groups in total.